The number of amides is 1. The number of carbonyl (C=O) groups is 1. The van der Waals surface area contributed by atoms with Gasteiger partial charge in [-0.3, -0.25) is 4.79 Å². The first-order valence-corrected chi connectivity index (χ1v) is 8.31. The third-order valence-electron chi connectivity index (χ3n) is 4.46. The molecule has 2 aromatic rings. The van der Waals surface area contributed by atoms with Crippen LogP contribution in [0, 0.1) is 6.92 Å². The number of methoxy groups -OCH3 is 1. The number of aryl methyl sites for hydroxylation is 1. The van der Waals surface area contributed by atoms with E-state index in [2.05, 4.69) is 31.2 Å². The lowest BCUT2D eigenvalue weighted by Crippen LogP contribution is -2.34. The Hall–Kier alpha value is -2.49. The molecule has 24 heavy (non-hydrogen) atoms. The molecule has 0 aromatic heterocycles. The summed E-state index contributed by atoms with van der Waals surface area (Å²) < 4.78 is 10.9. The van der Waals surface area contributed by atoms with Crippen LogP contribution in [-0.4, -0.2) is 31.1 Å². The number of nitrogens with zero attached hydrogens (tertiary/aromatic N) is 1. The molecule has 1 heterocycles. The van der Waals surface area contributed by atoms with Gasteiger partial charge in [0.2, 0.25) is 0 Å². The summed E-state index contributed by atoms with van der Waals surface area (Å²) in [5.41, 5.74) is 2.43. The molecule has 1 unspecified atom stereocenters. The molecule has 0 aliphatic carbocycles. The Kier molecular flexibility index (Phi) is 5.04. The molecule has 0 bridgehead atoms. The first-order valence-electron chi connectivity index (χ1n) is 8.31. The number of rotatable bonds is 5. The Morgan fingerprint density at radius 2 is 1.83 bits per heavy atom. The van der Waals surface area contributed by atoms with E-state index in [-0.39, 0.29) is 18.6 Å². The topological polar surface area (TPSA) is 38.8 Å². The smallest absolute Gasteiger partial charge is 0.261 e. The summed E-state index contributed by atoms with van der Waals surface area (Å²) in [5, 5.41) is 0. The Morgan fingerprint density at radius 3 is 2.54 bits per heavy atom. The molecule has 1 atom stereocenters. The minimum Gasteiger partial charge on any atom is -0.493 e. The van der Waals surface area contributed by atoms with Gasteiger partial charge in [0.1, 0.15) is 0 Å². The predicted octanol–water partition coefficient (Wildman–Crippen LogP) is 3.75. The van der Waals surface area contributed by atoms with Gasteiger partial charge in [-0.2, -0.15) is 0 Å². The van der Waals surface area contributed by atoms with E-state index in [0.29, 0.717) is 11.5 Å². The molecular weight excluding hydrogens is 302 g/mol. The van der Waals surface area contributed by atoms with Crippen LogP contribution in [0.2, 0.25) is 0 Å². The quantitative estimate of drug-likeness (QED) is 0.840. The number of likely N-dealkylation sites (tertiary alicyclic amines) is 1. The Balaban J connectivity index is 1.66. The number of hydrogen-bond donors (Lipinski definition) is 0. The fraction of sp³-hybridized carbons (Fsp3) is 0.350. The highest BCUT2D eigenvalue weighted by Gasteiger charge is 2.30. The number of benzene rings is 2. The molecule has 1 fully saturated rings. The number of ether oxygens (including phenoxy) is 2. The average Bonchev–Trinajstić information content (AvgIpc) is 3.10. The van der Waals surface area contributed by atoms with Gasteiger partial charge in [0.05, 0.1) is 13.2 Å². The SMILES string of the molecule is COc1ccccc1OCC(=O)N1CCCC1c1ccc(C)cc1. The van der Waals surface area contributed by atoms with E-state index >= 15 is 0 Å². The zero-order valence-electron chi connectivity index (χ0n) is 14.2. The van der Waals surface area contributed by atoms with Crippen LogP contribution in [0.3, 0.4) is 0 Å². The van der Waals surface area contributed by atoms with Crippen molar-refractivity contribution in [3.8, 4) is 11.5 Å². The maximum Gasteiger partial charge on any atom is 0.261 e. The third-order valence-corrected chi connectivity index (χ3v) is 4.46. The Labute approximate surface area is 143 Å². The molecule has 2 aromatic carbocycles. The molecule has 1 aliphatic rings. The van der Waals surface area contributed by atoms with Crippen LogP contribution in [0.4, 0.5) is 0 Å². The summed E-state index contributed by atoms with van der Waals surface area (Å²) in [6, 6.07) is 16.0. The van der Waals surface area contributed by atoms with Crippen molar-refractivity contribution < 1.29 is 14.3 Å². The zero-order chi connectivity index (χ0) is 16.9. The van der Waals surface area contributed by atoms with Gasteiger partial charge in [-0.25, -0.2) is 0 Å². The average molecular weight is 325 g/mol. The highest BCUT2D eigenvalue weighted by atomic mass is 16.5. The van der Waals surface area contributed by atoms with Crippen LogP contribution < -0.4 is 9.47 Å². The van der Waals surface area contributed by atoms with E-state index in [9.17, 15) is 4.79 Å². The third kappa shape index (κ3) is 3.53. The van der Waals surface area contributed by atoms with Crippen molar-refractivity contribution in [3.63, 3.8) is 0 Å². The summed E-state index contributed by atoms with van der Waals surface area (Å²) in [7, 11) is 1.60. The van der Waals surface area contributed by atoms with Crippen LogP contribution in [0.15, 0.2) is 48.5 Å². The molecule has 0 N–H and O–H groups in total. The molecule has 0 saturated carbocycles. The molecule has 4 heteroatoms. The van der Waals surface area contributed by atoms with Crippen molar-refractivity contribution in [1.82, 2.24) is 4.90 Å². The summed E-state index contributed by atoms with van der Waals surface area (Å²) in [6.07, 6.45) is 2.03. The van der Waals surface area contributed by atoms with Gasteiger partial charge in [-0.1, -0.05) is 42.0 Å². The normalized spacial score (nSPS) is 16.9. The molecule has 126 valence electrons. The summed E-state index contributed by atoms with van der Waals surface area (Å²) in [5.74, 6) is 1.25. The molecule has 1 aliphatic heterocycles. The van der Waals surface area contributed by atoms with E-state index in [4.69, 9.17) is 9.47 Å². The molecule has 0 radical (unpaired) electrons. The van der Waals surface area contributed by atoms with Gasteiger partial charge in [0, 0.05) is 6.54 Å². The Bertz CT molecular complexity index is 696. The standard InChI is InChI=1S/C20H23NO3/c1-15-9-11-16(12-10-15)17-6-5-13-21(17)20(22)14-24-19-8-4-3-7-18(19)23-2/h3-4,7-12,17H,5-6,13-14H2,1-2H3. The van der Waals surface area contributed by atoms with E-state index in [1.54, 1.807) is 7.11 Å². The van der Waals surface area contributed by atoms with Gasteiger partial charge >= 0.3 is 0 Å². The minimum atomic E-state index is 0.0176. The molecular formula is C20H23NO3. The van der Waals surface area contributed by atoms with E-state index < -0.39 is 0 Å². The van der Waals surface area contributed by atoms with Crippen molar-refractivity contribution in [3.05, 3.63) is 59.7 Å². The van der Waals surface area contributed by atoms with Crippen LogP contribution in [-0.2, 0) is 4.79 Å². The first kappa shape index (κ1) is 16.4. The van der Waals surface area contributed by atoms with Gasteiger partial charge in [-0.15, -0.1) is 0 Å². The zero-order valence-corrected chi connectivity index (χ0v) is 14.2. The van der Waals surface area contributed by atoms with Gasteiger partial charge < -0.3 is 14.4 Å². The lowest BCUT2D eigenvalue weighted by molar-refractivity contribution is -0.134. The number of carbonyl (C=O) groups excluding carboxylic acids is 1. The van der Waals surface area contributed by atoms with Crippen LogP contribution in [0.25, 0.3) is 0 Å². The van der Waals surface area contributed by atoms with Crippen LogP contribution in [0.1, 0.15) is 30.0 Å². The summed E-state index contributed by atoms with van der Waals surface area (Å²) in [6.45, 7) is 2.89. The van der Waals surface area contributed by atoms with E-state index in [1.165, 1.54) is 11.1 Å². The number of hydrogen-bond acceptors (Lipinski definition) is 3. The van der Waals surface area contributed by atoms with Crippen molar-refractivity contribution >= 4 is 5.91 Å². The summed E-state index contributed by atoms with van der Waals surface area (Å²) >= 11 is 0. The fourth-order valence-electron chi connectivity index (χ4n) is 3.16. The molecule has 0 spiro atoms. The van der Waals surface area contributed by atoms with E-state index in [0.717, 1.165) is 19.4 Å². The second-order valence-electron chi connectivity index (χ2n) is 6.10. The molecule has 1 amide bonds. The largest absolute Gasteiger partial charge is 0.493 e. The maximum absolute atomic E-state index is 12.6. The lowest BCUT2D eigenvalue weighted by Gasteiger charge is -2.25. The van der Waals surface area contributed by atoms with Crippen molar-refractivity contribution in [2.24, 2.45) is 0 Å². The number of para-hydroxylation sites is 2. The first-order chi connectivity index (χ1) is 11.7. The Morgan fingerprint density at radius 1 is 1.12 bits per heavy atom. The second kappa shape index (κ2) is 7.39. The lowest BCUT2D eigenvalue weighted by atomic mass is 10.0. The van der Waals surface area contributed by atoms with Crippen LogP contribution >= 0.6 is 0 Å². The van der Waals surface area contributed by atoms with Crippen LogP contribution in [0.5, 0.6) is 11.5 Å². The van der Waals surface area contributed by atoms with E-state index in [1.807, 2.05) is 29.2 Å². The summed E-state index contributed by atoms with van der Waals surface area (Å²) in [4.78, 5) is 14.6. The molecule has 1 saturated heterocycles. The predicted molar refractivity (Wildman–Crippen MR) is 93.4 cm³/mol. The van der Waals surface area contributed by atoms with Gasteiger partial charge in [0.15, 0.2) is 18.1 Å². The maximum atomic E-state index is 12.6. The van der Waals surface area contributed by atoms with Crippen molar-refractivity contribution in [2.75, 3.05) is 20.3 Å². The van der Waals surface area contributed by atoms with Crippen molar-refractivity contribution in [2.45, 2.75) is 25.8 Å². The fourth-order valence-corrected chi connectivity index (χ4v) is 3.16. The van der Waals surface area contributed by atoms with Gasteiger partial charge in [0.25, 0.3) is 5.91 Å². The second-order valence-corrected chi connectivity index (χ2v) is 6.10. The molecule has 3 rings (SSSR count). The van der Waals surface area contributed by atoms with Gasteiger partial charge in [-0.05, 0) is 37.5 Å². The monoisotopic (exact) mass is 325 g/mol. The highest BCUT2D eigenvalue weighted by Crippen LogP contribution is 2.32. The minimum absolute atomic E-state index is 0.0176. The highest BCUT2D eigenvalue weighted by molar-refractivity contribution is 5.78. The molecule has 4 nitrogen and oxygen atoms in total. The van der Waals surface area contributed by atoms with Crippen molar-refractivity contribution in [1.29, 1.82) is 0 Å².